The average molecular weight is 367 g/mol. The molecule has 4 heteroatoms. The second-order valence-electron chi connectivity index (χ2n) is 7.15. The predicted octanol–water partition coefficient (Wildman–Crippen LogP) is 4.43. The maximum absolute atomic E-state index is 12.8. The van der Waals surface area contributed by atoms with Gasteiger partial charge >= 0.3 is 0 Å². The van der Waals surface area contributed by atoms with Gasteiger partial charge in [-0.3, -0.25) is 4.79 Å². The zero-order valence-electron chi connectivity index (χ0n) is 16.3. The highest BCUT2D eigenvalue weighted by Crippen LogP contribution is 2.28. The smallest absolute Gasteiger partial charge is 0.222 e. The first kappa shape index (κ1) is 19.3. The number of amides is 1. The first-order valence-electron chi connectivity index (χ1n) is 9.74. The Bertz CT molecular complexity index is 724. The highest BCUT2D eigenvalue weighted by Gasteiger charge is 2.23. The number of hydrogen-bond acceptors (Lipinski definition) is 3. The minimum Gasteiger partial charge on any atom is -0.497 e. The van der Waals surface area contributed by atoms with Crippen molar-refractivity contribution >= 4 is 5.91 Å². The number of nitrogens with zero attached hydrogens (tertiary/aromatic N) is 1. The number of carbonyl (C=O) groups excluding carboxylic acids is 1. The molecule has 1 aliphatic heterocycles. The van der Waals surface area contributed by atoms with Crippen LogP contribution in [0.5, 0.6) is 11.5 Å². The molecule has 0 saturated carbocycles. The SMILES string of the molecule is COc1ccc(CCC(=O)N2CCCCC(c3ccc(OC)cc3)C2)cc1. The van der Waals surface area contributed by atoms with Crippen LogP contribution in [0, 0.1) is 0 Å². The molecule has 1 unspecified atom stereocenters. The second kappa shape index (κ2) is 9.45. The van der Waals surface area contributed by atoms with Gasteiger partial charge in [-0.1, -0.05) is 30.7 Å². The van der Waals surface area contributed by atoms with Gasteiger partial charge in [-0.25, -0.2) is 0 Å². The van der Waals surface area contributed by atoms with Crippen LogP contribution in [-0.2, 0) is 11.2 Å². The molecule has 1 aliphatic rings. The number of likely N-dealkylation sites (tertiary alicyclic amines) is 1. The number of ether oxygens (including phenoxy) is 2. The number of methoxy groups -OCH3 is 2. The van der Waals surface area contributed by atoms with Crippen LogP contribution in [0.2, 0.25) is 0 Å². The zero-order valence-corrected chi connectivity index (χ0v) is 16.3. The Morgan fingerprint density at radius 1 is 0.963 bits per heavy atom. The van der Waals surface area contributed by atoms with E-state index in [1.807, 2.05) is 36.4 Å². The van der Waals surface area contributed by atoms with Crippen molar-refractivity contribution in [2.45, 2.75) is 38.0 Å². The minimum absolute atomic E-state index is 0.256. The Labute approximate surface area is 162 Å². The summed E-state index contributed by atoms with van der Waals surface area (Å²) in [7, 11) is 3.35. The third-order valence-electron chi connectivity index (χ3n) is 5.40. The van der Waals surface area contributed by atoms with Crippen LogP contribution in [0.3, 0.4) is 0 Å². The third-order valence-corrected chi connectivity index (χ3v) is 5.40. The monoisotopic (exact) mass is 367 g/mol. The lowest BCUT2D eigenvalue weighted by molar-refractivity contribution is -0.131. The highest BCUT2D eigenvalue weighted by molar-refractivity contribution is 5.76. The fourth-order valence-corrected chi connectivity index (χ4v) is 3.72. The highest BCUT2D eigenvalue weighted by atomic mass is 16.5. The summed E-state index contributed by atoms with van der Waals surface area (Å²) in [5.74, 6) is 2.38. The van der Waals surface area contributed by atoms with E-state index >= 15 is 0 Å². The molecule has 27 heavy (non-hydrogen) atoms. The van der Waals surface area contributed by atoms with Gasteiger partial charge in [0.15, 0.2) is 0 Å². The van der Waals surface area contributed by atoms with E-state index in [1.54, 1.807) is 14.2 Å². The third kappa shape index (κ3) is 5.25. The Morgan fingerprint density at radius 3 is 2.22 bits per heavy atom. The van der Waals surface area contributed by atoms with E-state index in [1.165, 1.54) is 17.5 Å². The van der Waals surface area contributed by atoms with Gasteiger partial charge in [0.25, 0.3) is 0 Å². The first-order valence-corrected chi connectivity index (χ1v) is 9.74. The molecule has 0 aromatic heterocycles. The van der Waals surface area contributed by atoms with Crippen molar-refractivity contribution in [1.82, 2.24) is 4.90 Å². The van der Waals surface area contributed by atoms with Crippen LogP contribution >= 0.6 is 0 Å². The molecule has 144 valence electrons. The van der Waals surface area contributed by atoms with Crippen LogP contribution in [0.15, 0.2) is 48.5 Å². The first-order chi connectivity index (χ1) is 13.2. The normalized spacial score (nSPS) is 17.3. The fourth-order valence-electron chi connectivity index (χ4n) is 3.72. The van der Waals surface area contributed by atoms with Gasteiger partial charge in [-0.15, -0.1) is 0 Å². The Balaban J connectivity index is 1.59. The van der Waals surface area contributed by atoms with Crippen molar-refractivity contribution < 1.29 is 14.3 Å². The molecule has 2 aromatic carbocycles. The Hall–Kier alpha value is -2.49. The lowest BCUT2D eigenvalue weighted by Gasteiger charge is -2.25. The summed E-state index contributed by atoms with van der Waals surface area (Å²) < 4.78 is 10.4. The van der Waals surface area contributed by atoms with E-state index in [0.717, 1.165) is 43.9 Å². The van der Waals surface area contributed by atoms with Gasteiger partial charge in [0.2, 0.25) is 5.91 Å². The van der Waals surface area contributed by atoms with Gasteiger partial charge in [-0.2, -0.15) is 0 Å². The number of hydrogen-bond donors (Lipinski definition) is 0. The van der Waals surface area contributed by atoms with E-state index in [9.17, 15) is 4.79 Å². The predicted molar refractivity (Wildman–Crippen MR) is 107 cm³/mol. The molecule has 0 radical (unpaired) electrons. The summed E-state index contributed by atoms with van der Waals surface area (Å²) >= 11 is 0. The molecule has 1 amide bonds. The summed E-state index contributed by atoms with van der Waals surface area (Å²) in [6.07, 6.45) is 4.71. The van der Waals surface area contributed by atoms with Crippen LogP contribution in [0.25, 0.3) is 0 Å². The lowest BCUT2D eigenvalue weighted by Crippen LogP contribution is -2.34. The molecule has 1 atom stereocenters. The van der Waals surface area contributed by atoms with Crippen LogP contribution in [-0.4, -0.2) is 38.1 Å². The summed E-state index contributed by atoms with van der Waals surface area (Å²) in [4.78, 5) is 14.9. The lowest BCUT2D eigenvalue weighted by atomic mass is 9.94. The number of benzene rings is 2. The molecule has 0 N–H and O–H groups in total. The van der Waals surface area contributed by atoms with E-state index in [0.29, 0.717) is 12.3 Å². The quantitative estimate of drug-likeness (QED) is 0.758. The van der Waals surface area contributed by atoms with E-state index in [-0.39, 0.29) is 5.91 Å². The minimum atomic E-state index is 0.256. The maximum Gasteiger partial charge on any atom is 0.222 e. The average Bonchev–Trinajstić information content (AvgIpc) is 2.99. The van der Waals surface area contributed by atoms with Gasteiger partial charge in [-0.05, 0) is 54.7 Å². The molecule has 3 rings (SSSR count). The van der Waals surface area contributed by atoms with Crippen LogP contribution < -0.4 is 9.47 Å². The summed E-state index contributed by atoms with van der Waals surface area (Å²) in [6, 6.07) is 16.3. The largest absolute Gasteiger partial charge is 0.497 e. The molecule has 1 heterocycles. The number of rotatable bonds is 6. The zero-order chi connectivity index (χ0) is 19.1. The second-order valence-corrected chi connectivity index (χ2v) is 7.15. The molecule has 4 nitrogen and oxygen atoms in total. The van der Waals surface area contributed by atoms with Crippen molar-refractivity contribution in [2.24, 2.45) is 0 Å². The summed E-state index contributed by atoms with van der Waals surface area (Å²) in [5, 5.41) is 0. The summed E-state index contributed by atoms with van der Waals surface area (Å²) in [6.45, 7) is 1.68. The molecular weight excluding hydrogens is 338 g/mol. The van der Waals surface area contributed by atoms with E-state index < -0.39 is 0 Å². The molecule has 1 saturated heterocycles. The Morgan fingerprint density at radius 2 is 1.59 bits per heavy atom. The molecule has 1 fully saturated rings. The van der Waals surface area contributed by atoms with E-state index in [2.05, 4.69) is 17.0 Å². The Kier molecular flexibility index (Phi) is 6.74. The molecule has 2 aromatic rings. The van der Waals surface area contributed by atoms with Gasteiger partial charge in [0, 0.05) is 25.4 Å². The van der Waals surface area contributed by atoms with Crippen molar-refractivity contribution in [2.75, 3.05) is 27.3 Å². The standard InChI is InChI=1S/C23H29NO3/c1-26-21-11-6-18(7-12-21)8-15-23(25)24-16-4-3-5-20(17-24)19-9-13-22(27-2)14-10-19/h6-7,9-14,20H,3-5,8,15-17H2,1-2H3. The van der Waals surface area contributed by atoms with Gasteiger partial charge < -0.3 is 14.4 Å². The topological polar surface area (TPSA) is 38.8 Å². The molecule has 0 spiro atoms. The van der Waals surface area contributed by atoms with Crippen molar-refractivity contribution in [3.8, 4) is 11.5 Å². The van der Waals surface area contributed by atoms with Crippen molar-refractivity contribution in [1.29, 1.82) is 0 Å². The van der Waals surface area contributed by atoms with Crippen molar-refractivity contribution in [3.63, 3.8) is 0 Å². The maximum atomic E-state index is 12.8. The molecule has 0 aliphatic carbocycles. The van der Waals surface area contributed by atoms with E-state index in [4.69, 9.17) is 9.47 Å². The molecule has 0 bridgehead atoms. The van der Waals surface area contributed by atoms with Crippen LogP contribution in [0.4, 0.5) is 0 Å². The number of carbonyl (C=O) groups is 1. The van der Waals surface area contributed by atoms with Crippen molar-refractivity contribution in [3.05, 3.63) is 59.7 Å². The molecular formula is C23H29NO3. The number of aryl methyl sites for hydroxylation is 1. The summed E-state index contributed by atoms with van der Waals surface area (Å²) in [5.41, 5.74) is 2.47. The van der Waals surface area contributed by atoms with Crippen LogP contribution in [0.1, 0.15) is 42.7 Å². The fraction of sp³-hybridized carbons (Fsp3) is 0.435. The van der Waals surface area contributed by atoms with Gasteiger partial charge in [0.1, 0.15) is 11.5 Å². The van der Waals surface area contributed by atoms with Gasteiger partial charge in [0.05, 0.1) is 14.2 Å².